The van der Waals surface area contributed by atoms with E-state index in [0.717, 1.165) is 0 Å². The van der Waals surface area contributed by atoms with Gasteiger partial charge in [-0.25, -0.2) is 0 Å². The van der Waals surface area contributed by atoms with Crippen molar-refractivity contribution in [2.24, 2.45) is 0 Å². The summed E-state index contributed by atoms with van der Waals surface area (Å²) in [5, 5.41) is 2.67. The lowest BCUT2D eigenvalue weighted by Crippen LogP contribution is -2.34. The maximum Gasteiger partial charge on any atom is 0.290 e. The number of hydrogen-bond donors (Lipinski definition) is 1. The van der Waals surface area contributed by atoms with Gasteiger partial charge < -0.3 is 14.8 Å². The van der Waals surface area contributed by atoms with Crippen molar-refractivity contribution < 1.29 is 14.3 Å². The van der Waals surface area contributed by atoms with Crippen molar-refractivity contribution in [2.75, 3.05) is 13.2 Å². The molecule has 1 unspecified atom stereocenters. The minimum Gasteiger partial charge on any atom is -0.494 e. The van der Waals surface area contributed by atoms with E-state index in [-0.39, 0.29) is 17.7 Å². The van der Waals surface area contributed by atoms with Gasteiger partial charge >= 0.3 is 0 Å². The molecule has 0 fully saturated rings. The van der Waals surface area contributed by atoms with Crippen molar-refractivity contribution >= 4 is 5.91 Å². The molecule has 1 N–H and O–H groups in total. The Labute approximate surface area is 77.2 Å². The number of amides is 1. The second-order valence-corrected chi connectivity index (χ2v) is 2.70. The predicted molar refractivity (Wildman–Crippen MR) is 47.8 cm³/mol. The van der Waals surface area contributed by atoms with Crippen LogP contribution in [0.25, 0.3) is 0 Å². The highest BCUT2D eigenvalue weighted by Gasteiger charge is 2.15. The van der Waals surface area contributed by atoms with E-state index in [4.69, 9.17) is 9.47 Å². The Kier molecular flexibility index (Phi) is 3.37. The number of ether oxygens (including phenoxy) is 2. The van der Waals surface area contributed by atoms with E-state index in [1.165, 1.54) is 6.26 Å². The van der Waals surface area contributed by atoms with Gasteiger partial charge in [-0.05, 0) is 6.92 Å². The van der Waals surface area contributed by atoms with E-state index in [1.807, 2.05) is 6.92 Å². The fourth-order valence-electron chi connectivity index (χ4n) is 0.824. The molecule has 4 heteroatoms. The van der Waals surface area contributed by atoms with Gasteiger partial charge in [0.15, 0.2) is 0 Å². The molecule has 1 aliphatic rings. The SMILES string of the molecule is C=CC(C)NC(=O)C1=COCCO1. The Hall–Kier alpha value is -1.45. The van der Waals surface area contributed by atoms with Gasteiger partial charge in [0, 0.05) is 6.04 Å². The molecular weight excluding hydrogens is 170 g/mol. The summed E-state index contributed by atoms with van der Waals surface area (Å²) in [6, 6.07) is -0.0704. The lowest BCUT2D eigenvalue weighted by molar-refractivity contribution is -0.122. The molecule has 0 spiro atoms. The molecule has 1 amide bonds. The Morgan fingerprint density at radius 1 is 1.77 bits per heavy atom. The molecule has 0 aromatic rings. The number of nitrogens with one attached hydrogen (secondary N) is 1. The molecule has 72 valence electrons. The highest BCUT2D eigenvalue weighted by Crippen LogP contribution is 2.04. The van der Waals surface area contributed by atoms with Crippen molar-refractivity contribution in [3.8, 4) is 0 Å². The molecule has 4 nitrogen and oxygen atoms in total. The van der Waals surface area contributed by atoms with Gasteiger partial charge in [0.05, 0.1) is 0 Å². The van der Waals surface area contributed by atoms with Gasteiger partial charge in [-0.1, -0.05) is 6.08 Å². The fourth-order valence-corrected chi connectivity index (χ4v) is 0.824. The number of carbonyl (C=O) groups excluding carboxylic acids is 1. The first-order valence-electron chi connectivity index (χ1n) is 4.12. The second-order valence-electron chi connectivity index (χ2n) is 2.70. The first-order chi connectivity index (χ1) is 6.24. The van der Waals surface area contributed by atoms with Crippen LogP contribution in [-0.4, -0.2) is 25.2 Å². The Morgan fingerprint density at radius 3 is 3.08 bits per heavy atom. The molecular formula is C9H13NO3. The zero-order valence-corrected chi connectivity index (χ0v) is 7.58. The number of hydrogen-bond acceptors (Lipinski definition) is 3. The summed E-state index contributed by atoms with van der Waals surface area (Å²) in [7, 11) is 0. The Bertz CT molecular complexity index is 235. The predicted octanol–water partition coefficient (Wildman–Crippen LogP) is 0.565. The molecule has 1 atom stereocenters. The molecule has 1 aliphatic heterocycles. The summed E-state index contributed by atoms with van der Waals surface area (Å²) in [4.78, 5) is 11.3. The second kappa shape index (κ2) is 4.54. The number of rotatable bonds is 3. The zero-order chi connectivity index (χ0) is 9.68. The third-order valence-electron chi connectivity index (χ3n) is 1.59. The van der Waals surface area contributed by atoms with Crippen LogP contribution in [0.15, 0.2) is 24.7 Å². The molecule has 0 aromatic carbocycles. The van der Waals surface area contributed by atoms with Gasteiger partial charge in [0.1, 0.15) is 19.5 Å². The van der Waals surface area contributed by atoms with Crippen LogP contribution in [0.3, 0.4) is 0 Å². The third-order valence-corrected chi connectivity index (χ3v) is 1.59. The summed E-state index contributed by atoms with van der Waals surface area (Å²) in [6.45, 7) is 6.29. The van der Waals surface area contributed by atoms with Crippen LogP contribution in [0.5, 0.6) is 0 Å². The van der Waals surface area contributed by atoms with Gasteiger partial charge in [-0.15, -0.1) is 6.58 Å². The Balaban J connectivity index is 2.46. The first-order valence-corrected chi connectivity index (χ1v) is 4.12. The monoisotopic (exact) mass is 183 g/mol. The van der Waals surface area contributed by atoms with E-state index < -0.39 is 0 Å². The third kappa shape index (κ3) is 2.82. The van der Waals surface area contributed by atoms with Crippen molar-refractivity contribution in [1.29, 1.82) is 0 Å². The lowest BCUT2D eigenvalue weighted by Gasteiger charge is -2.16. The molecule has 1 heterocycles. The van der Waals surface area contributed by atoms with Crippen molar-refractivity contribution in [3.63, 3.8) is 0 Å². The zero-order valence-electron chi connectivity index (χ0n) is 7.58. The van der Waals surface area contributed by atoms with Crippen LogP contribution in [0.4, 0.5) is 0 Å². The van der Waals surface area contributed by atoms with Crippen LogP contribution in [0.2, 0.25) is 0 Å². The minimum absolute atomic E-state index is 0.0704. The van der Waals surface area contributed by atoms with Crippen LogP contribution >= 0.6 is 0 Å². The fraction of sp³-hybridized carbons (Fsp3) is 0.444. The van der Waals surface area contributed by atoms with Crippen molar-refractivity contribution in [3.05, 3.63) is 24.7 Å². The normalized spacial score (nSPS) is 17.5. The highest BCUT2D eigenvalue weighted by molar-refractivity contribution is 5.91. The molecule has 0 radical (unpaired) electrons. The standard InChI is InChI=1S/C9H13NO3/c1-3-7(2)10-9(11)8-6-12-4-5-13-8/h3,6-7H,1,4-5H2,2H3,(H,10,11). The molecule has 0 bridgehead atoms. The molecule has 0 aliphatic carbocycles. The maximum atomic E-state index is 11.3. The summed E-state index contributed by atoms with van der Waals surface area (Å²) >= 11 is 0. The smallest absolute Gasteiger partial charge is 0.290 e. The summed E-state index contributed by atoms with van der Waals surface area (Å²) in [5.74, 6) is -0.0490. The molecule has 0 aromatic heterocycles. The maximum absolute atomic E-state index is 11.3. The average molecular weight is 183 g/mol. The molecule has 0 saturated carbocycles. The van der Waals surface area contributed by atoms with E-state index in [1.54, 1.807) is 6.08 Å². The number of carbonyl (C=O) groups is 1. The van der Waals surface area contributed by atoms with Crippen molar-refractivity contribution in [2.45, 2.75) is 13.0 Å². The first kappa shape index (κ1) is 9.64. The average Bonchev–Trinajstić information content (AvgIpc) is 2.19. The van der Waals surface area contributed by atoms with E-state index in [0.29, 0.717) is 13.2 Å². The van der Waals surface area contributed by atoms with Gasteiger partial charge in [-0.3, -0.25) is 4.79 Å². The van der Waals surface area contributed by atoms with Crippen LogP contribution < -0.4 is 5.32 Å². The van der Waals surface area contributed by atoms with Gasteiger partial charge in [-0.2, -0.15) is 0 Å². The quantitative estimate of drug-likeness (QED) is 0.650. The van der Waals surface area contributed by atoms with Gasteiger partial charge in [0.2, 0.25) is 5.76 Å². The minimum atomic E-state index is -0.271. The van der Waals surface area contributed by atoms with E-state index in [9.17, 15) is 4.79 Å². The highest BCUT2D eigenvalue weighted by atomic mass is 16.6. The molecule has 1 rings (SSSR count). The topological polar surface area (TPSA) is 47.6 Å². The summed E-state index contributed by atoms with van der Waals surface area (Å²) < 4.78 is 10.0. The van der Waals surface area contributed by atoms with Crippen LogP contribution in [0.1, 0.15) is 6.92 Å². The van der Waals surface area contributed by atoms with Crippen LogP contribution in [0, 0.1) is 0 Å². The molecule has 0 saturated heterocycles. The Morgan fingerprint density at radius 2 is 2.54 bits per heavy atom. The van der Waals surface area contributed by atoms with E-state index in [2.05, 4.69) is 11.9 Å². The van der Waals surface area contributed by atoms with E-state index >= 15 is 0 Å². The largest absolute Gasteiger partial charge is 0.494 e. The summed E-state index contributed by atoms with van der Waals surface area (Å²) in [6.07, 6.45) is 2.97. The van der Waals surface area contributed by atoms with Crippen molar-refractivity contribution in [1.82, 2.24) is 5.32 Å². The van der Waals surface area contributed by atoms with Crippen LogP contribution in [-0.2, 0) is 14.3 Å². The van der Waals surface area contributed by atoms with Gasteiger partial charge in [0.25, 0.3) is 5.91 Å². The summed E-state index contributed by atoms with van der Waals surface area (Å²) in [5.41, 5.74) is 0. The molecule has 13 heavy (non-hydrogen) atoms. The lowest BCUT2D eigenvalue weighted by atomic mass is 10.3.